The zero-order valence-corrected chi connectivity index (χ0v) is 13.9. The number of carbonyl (C=O) groups is 1. The molecule has 24 heavy (non-hydrogen) atoms. The zero-order valence-electron chi connectivity index (χ0n) is 13.9. The van der Waals surface area contributed by atoms with Gasteiger partial charge < -0.3 is 10.1 Å². The van der Waals surface area contributed by atoms with Crippen molar-refractivity contribution in [2.24, 2.45) is 5.92 Å². The van der Waals surface area contributed by atoms with Crippen LogP contribution in [-0.2, 0) is 0 Å². The van der Waals surface area contributed by atoms with E-state index in [-0.39, 0.29) is 11.8 Å². The Morgan fingerprint density at radius 2 is 1.92 bits per heavy atom. The third-order valence-electron chi connectivity index (χ3n) is 4.46. The van der Waals surface area contributed by atoms with Gasteiger partial charge in [-0.05, 0) is 30.0 Å². The van der Waals surface area contributed by atoms with E-state index < -0.39 is 0 Å². The normalized spacial score (nSPS) is 20.4. The second-order valence-corrected chi connectivity index (χ2v) is 6.23. The highest BCUT2D eigenvalue weighted by Crippen LogP contribution is 2.21. The van der Waals surface area contributed by atoms with Crippen LogP contribution in [0, 0.1) is 5.92 Å². The quantitative estimate of drug-likeness (QED) is 0.819. The van der Waals surface area contributed by atoms with Crippen LogP contribution in [-0.4, -0.2) is 25.5 Å². The van der Waals surface area contributed by atoms with Crippen molar-refractivity contribution in [2.45, 2.75) is 18.9 Å². The number of ether oxygens (including phenoxy) is 1. The molecule has 1 aliphatic heterocycles. The van der Waals surface area contributed by atoms with E-state index in [4.69, 9.17) is 4.74 Å². The molecule has 1 heterocycles. The minimum Gasteiger partial charge on any atom is -0.497 e. The van der Waals surface area contributed by atoms with Crippen LogP contribution < -0.4 is 10.1 Å². The standard InChI is InChI=1S/C21H23NO2/c1-24-20-11-9-16(10-12-20)7-8-17-13-19(22-15-17)14-21(23)18-5-3-2-4-6-18/h2-12,17,19,22H,13-15H2,1H3/b8-7+. The maximum atomic E-state index is 12.3. The van der Waals surface area contributed by atoms with Crippen LogP contribution in [0.4, 0.5) is 0 Å². The third-order valence-corrected chi connectivity index (χ3v) is 4.46. The summed E-state index contributed by atoms with van der Waals surface area (Å²) >= 11 is 0. The zero-order chi connectivity index (χ0) is 16.8. The lowest BCUT2D eigenvalue weighted by Crippen LogP contribution is -2.24. The van der Waals surface area contributed by atoms with Crippen LogP contribution in [0.25, 0.3) is 6.08 Å². The van der Waals surface area contributed by atoms with Crippen LogP contribution in [0.15, 0.2) is 60.7 Å². The SMILES string of the molecule is COc1ccc(/C=C/C2CNC(CC(=O)c3ccccc3)C2)cc1. The van der Waals surface area contributed by atoms with Gasteiger partial charge in [-0.25, -0.2) is 0 Å². The van der Waals surface area contributed by atoms with Crippen molar-refractivity contribution in [3.8, 4) is 5.75 Å². The van der Waals surface area contributed by atoms with Gasteiger partial charge in [0.2, 0.25) is 0 Å². The fraction of sp³-hybridized carbons (Fsp3) is 0.286. The van der Waals surface area contributed by atoms with Crippen molar-refractivity contribution in [3.05, 3.63) is 71.8 Å². The molecule has 1 N–H and O–H groups in total. The number of methoxy groups -OCH3 is 1. The van der Waals surface area contributed by atoms with Crippen LogP contribution in [0.5, 0.6) is 5.75 Å². The number of ketones is 1. The van der Waals surface area contributed by atoms with E-state index in [2.05, 4.69) is 17.5 Å². The molecule has 0 amide bonds. The molecule has 3 rings (SSSR count). The fourth-order valence-electron chi connectivity index (χ4n) is 3.08. The van der Waals surface area contributed by atoms with Crippen molar-refractivity contribution in [2.75, 3.05) is 13.7 Å². The molecule has 1 saturated heterocycles. The van der Waals surface area contributed by atoms with Crippen LogP contribution in [0.1, 0.15) is 28.8 Å². The largest absolute Gasteiger partial charge is 0.497 e. The highest BCUT2D eigenvalue weighted by molar-refractivity contribution is 5.96. The molecule has 3 heteroatoms. The molecule has 2 atom stereocenters. The Bertz CT molecular complexity index is 692. The van der Waals surface area contributed by atoms with E-state index in [1.807, 2.05) is 54.6 Å². The van der Waals surface area contributed by atoms with Gasteiger partial charge in [-0.15, -0.1) is 0 Å². The topological polar surface area (TPSA) is 38.3 Å². The molecule has 0 aromatic heterocycles. The van der Waals surface area contributed by atoms with Crippen molar-refractivity contribution >= 4 is 11.9 Å². The Labute approximate surface area is 143 Å². The first kappa shape index (κ1) is 16.5. The van der Waals surface area contributed by atoms with Gasteiger partial charge in [0.05, 0.1) is 7.11 Å². The minimum atomic E-state index is 0.216. The van der Waals surface area contributed by atoms with Crippen molar-refractivity contribution in [3.63, 3.8) is 0 Å². The summed E-state index contributed by atoms with van der Waals surface area (Å²) in [7, 11) is 1.67. The van der Waals surface area contributed by atoms with Gasteiger partial charge in [0.1, 0.15) is 5.75 Å². The number of rotatable bonds is 6. The Kier molecular flexibility index (Phi) is 5.44. The summed E-state index contributed by atoms with van der Waals surface area (Å²) < 4.78 is 5.17. The fourth-order valence-corrected chi connectivity index (χ4v) is 3.08. The molecule has 0 aliphatic carbocycles. The summed E-state index contributed by atoms with van der Waals surface area (Å²) in [6, 6.07) is 17.8. The second-order valence-electron chi connectivity index (χ2n) is 6.23. The van der Waals surface area contributed by atoms with E-state index in [1.165, 1.54) is 5.56 Å². The average Bonchev–Trinajstić information content (AvgIpc) is 3.08. The lowest BCUT2D eigenvalue weighted by atomic mass is 9.98. The summed E-state index contributed by atoms with van der Waals surface area (Å²) in [5.41, 5.74) is 1.97. The summed E-state index contributed by atoms with van der Waals surface area (Å²) in [5, 5.41) is 3.47. The molecule has 2 aromatic rings. The van der Waals surface area contributed by atoms with Gasteiger partial charge in [0.15, 0.2) is 5.78 Å². The van der Waals surface area contributed by atoms with Crippen LogP contribution in [0.2, 0.25) is 0 Å². The van der Waals surface area contributed by atoms with Gasteiger partial charge in [0, 0.05) is 24.6 Å². The molecule has 0 spiro atoms. The Hall–Kier alpha value is -2.39. The number of hydrogen-bond donors (Lipinski definition) is 1. The smallest absolute Gasteiger partial charge is 0.164 e. The van der Waals surface area contributed by atoms with E-state index in [1.54, 1.807) is 7.11 Å². The van der Waals surface area contributed by atoms with E-state index in [9.17, 15) is 4.79 Å². The maximum absolute atomic E-state index is 12.3. The number of nitrogens with one attached hydrogen (secondary N) is 1. The number of carbonyl (C=O) groups excluding carboxylic acids is 1. The van der Waals surface area contributed by atoms with Crippen molar-refractivity contribution in [1.29, 1.82) is 0 Å². The van der Waals surface area contributed by atoms with Gasteiger partial charge >= 0.3 is 0 Å². The first-order chi connectivity index (χ1) is 11.7. The lowest BCUT2D eigenvalue weighted by molar-refractivity contribution is 0.0971. The van der Waals surface area contributed by atoms with Crippen molar-refractivity contribution in [1.82, 2.24) is 5.32 Å². The Morgan fingerprint density at radius 3 is 2.62 bits per heavy atom. The molecular weight excluding hydrogens is 298 g/mol. The molecule has 0 bridgehead atoms. The second kappa shape index (κ2) is 7.93. The van der Waals surface area contributed by atoms with Gasteiger partial charge in [-0.1, -0.05) is 54.6 Å². The monoisotopic (exact) mass is 321 g/mol. The Balaban J connectivity index is 1.51. The van der Waals surface area contributed by atoms with Crippen LogP contribution >= 0.6 is 0 Å². The van der Waals surface area contributed by atoms with Gasteiger partial charge in [0.25, 0.3) is 0 Å². The summed E-state index contributed by atoms with van der Waals surface area (Å²) in [6.45, 7) is 0.930. The molecule has 1 fully saturated rings. The molecule has 0 saturated carbocycles. The van der Waals surface area contributed by atoms with Gasteiger partial charge in [-0.2, -0.15) is 0 Å². The molecule has 124 valence electrons. The number of hydrogen-bond acceptors (Lipinski definition) is 3. The molecule has 3 nitrogen and oxygen atoms in total. The molecule has 2 unspecified atom stereocenters. The minimum absolute atomic E-state index is 0.216. The highest BCUT2D eigenvalue weighted by atomic mass is 16.5. The van der Waals surface area contributed by atoms with E-state index in [0.717, 1.165) is 24.3 Å². The summed E-state index contributed by atoms with van der Waals surface area (Å²) in [6.07, 6.45) is 5.96. The highest BCUT2D eigenvalue weighted by Gasteiger charge is 2.24. The molecular formula is C21H23NO2. The molecule has 1 aliphatic rings. The molecule has 0 radical (unpaired) electrons. The maximum Gasteiger partial charge on any atom is 0.164 e. The predicted octanol–water partition coefficient (Wildman–Crippen LogP) is 3.96. The predicted molar refractivity (Wildman–Crippen MR) is 97.3 cm³/mol. The van der Waals surface area contributed by atoms with E-state index in [0.29, 0.717) is 12.3 Å². The third kappa shape index (κ3) is 4.33. The van der Waals surface area contributed by atoms with Gasteiger partial charge in [-0.3, -0.25) is 4.79 Å². The first-order valence-electron chi connectivity index (χ1n) is 8.38. The summed E-state index contributed by atoms with van der Waals surface area (Å²) in [4.78, 5) is 12.3. The van der Waals surface area contributed by atoms with Crippen LogP contribution in [0.3, 0.4) is 0 Å². The average molecular weight is 321 g/mol. The number of Topliss-reactive ketones (excluding diaryl/α,β-unsaturated/α-hetero) is 1. The number of benzene rings is 2. The summed E-state index contributed by atoms with van der Waals surface area (Å²) in [5.74, 6) is 1.56. The van der Waals surface area contributed by atoms with E-state index >= 15 is 0 Å². The molecule has 2 aromatic carbocycles. The first-order valence-corrected chi connectivity index (χ1v) is 8.38. The van der Waals surface area contributed by atoms with Crippen molar-refractivity contribution < 1.29 is 9.53 Å². The Morgan fingerprint density at radius 1 is 1.17 bits per heavy atom. The lowest BCUT2D eigenvalue weighted by Gasteiger charge is -2.09.